The molecule has 0 atom stereocenters. The SMILES string of the molecule is NC1(c2noc(Cc3csc(NC(=O)Cc4cccs4)n3)n2)CCCC1. The molecule has 0 saturated heterocycles. The number of amides is 1. The maximum absolute atomic E-state index is 12.0. The Labute approximate surface area is 158 Å². The fraction of sp³-hybridized carbons (Fsp3) is 0.412. The minimum absolute atomic E-state index is 0.0697. The van der Waals surface area contributed by atoms with Crippen LogP contribution in [0.15, 0.2) is 27.4 Å². The lowest BCUT2D eigenvalue weighted by molar-refractivity contribution is -0.115. The number of carbonyl (C=O) groups is 1. The fourth-order valence-electron chi connectivity index (χ4n) is 3.09. The van der Waals surface area contributed by atoms with Crippen molar-refractivity contribution in [3.05, 3.63) is 45.2 Å². The molecule has 4 rings (SSSR count). The lowest BCUT2D eigenvalue weighted by atomic mass is 9.99. The third-order valence-corrected chi connectivity index (χ3v) is 6.14. The molecule has 3 aromatic rings. The van der Waals surface area contributed by atoms with Gasteiger partial charge in [0.2, 0.25) is 11.8 Å². The molecule has 0 aromatic carbocycles. The molecule has 0 spiro atoms. The van der Waals surface area contributed by atoms with Crippen LogP contribution < -0.4 is 11.1 Å². The lowest BCUT2D eigenvalue weighted by Crippen LogP contribution is -2.34. The van der Waals surface area contributed by atoms with Gasteiger partial charge < -0.3 is 15.6 Å². The zero-order chi connectivity index (χ0) is 18.0. The molecule has 0 aliphatic heterocycles. The Morgan fingerprint density at radius 3 is 2.92 bits per heavy atom. The third kappa shape index (κ3) is 3.84. The van der Waals surface area contributed by atoms with Crippen LogP contribution in [0.25, 0.3) is 0 Å². The second kappa shape index (κ2) is 7.26. The smallest absolute Gasteiger partial charge is 0.232 e. The van der Waals surface area contributed by atoms with Crippen LogP contribution >= 0.6 is 22.7 Å². The summed E-state index contributed by atoms with van der Waals surface area (Å²) in [6, 6.07) is 3.88. The van der Waals surface area contributed by atoms with Gasteiger partial charge in [0.15, 0.2) is 11.0 Å². The monoisotopic (exact) mass is 389 g/mol. The van der Waals surface area contributed by atoms with E-state index >= 15 is 0 Å². The first kappa shape index (κ1) is 17.3. The molecule has 1 aliphatic carbocycles. The van der Waals surface area contributed by atoms with Crippen molar-refractivity contribution in [3.8, 4) is 0 Å². The number of nitrogens with one attached hydrogen (secondary N) is 1. The van der Waals surface area contributed by atoms with E-state index in [0.29, 0.717) is 29.7 Å². The predicted molar refractivity (Wildman–Crippen MR) is 100 cm³/mol. The summed E-state index contributed by atoms with van der Waals surface area (Å²) in [5.74, 6) is 1.02. The minimum Gasteiger partial charge on any atom is -0.339 e. The summed E-state index contributed by atoms with van der Waals surface area (Å²) in [7, 11) is 0. The number of rotatable bonds is 6. The molecule has 136 valence electrons. The van der Waals surface area contributed by atoms with Gasteiger partial charge in [-0.3, -0.25) is 4.79 Å². The van der Waals surface area contributed by atoms with Crippen LogP contribution in [-0.4, -0.2) is 21.0 Å². The fourth-order valence-corrected chi connectivity index (χ4v) is 4.52. The molecule has 1 aliphatic rings. The van der Waals surface area contributed by atoms with Crippen LogP contribution in [0.4, 0.5) is 5.13 Å². The van der Waals surface area contributed by atoms with Crippen molar-refractivity contribution in [2.75, 3.05) is 5.32 Å². The summed E-state index contributed by atoms with van der Waals surface area (Å²) in [6.45, 7) is 0. The van der Waals surface area contributed by atoms with E-state index in [9.17, 15) is 4.79 Å². The Kier molecular flexibility index (Phi) is 4.84. The first-order chi connectivity index (χ1) is 12.6. The Balaban J connectivity index is 1.36. The predicted octanol–water partition coefficient (Wildman–Crippen LogP) is 3.09. The van der Waals surface area contributed by atoms with Crippen molar-refractivity contribution in [3.63, 3.8) is 0 Å². The van der Waals surface area contributed by atoms with E-state index in [1.54, 1.807) is 11.3 Å². The molecule has 9 heteroatoms. The molecule has 26 heavy (non-hydrogen) atoms. The van der Waals surface area contributed by atoms with Gasteiger partial charge in [-0.25, -0.2) is 4.98 Å². The van der Waals surface area contributed by atoms with Crippen LogP contribution in [0, 0.1) is 0 Å². The average Bonchev–Trinajstić information content (AvgIpc) is 3.36. The number of hydrogen-bond donors (Lipinski definition) is 2. The molecule has 3 heterocycles. The number of anilines is 1. The summed E-state index contributed by atoms with van der Waals surface area (Å²) in [4.78, 5) is 22.0. The Hall–Kier alpha value is -2.10. The van der Waals surface area contributed by atoms with Gasteiger partial charge in [0.05, 0.1) is 24.1 Å². The molecule has 3 aromatic heterocycles. The summed E-state index contributed by atoms with van der Waals surface area (Å²) >= 11 is 2.95. The van der Waals surface area contributed by atoms with Crippen LogP contribution in [-0.2, 0) is 23.2 Å². The number of thiazole rings is 1. The van der Waals surface area contributed by atoms with Gasteiger partial charge in [-0.1, -0.05) is 24.1 Å². The molecule has 0 radical (unpaired) electrons. The quantitative estimate of drug-likeness (QED) is 0.671. The summed E-state index contributed by atoms with van der Waals surface area (Å²) in [5.41, 5.74) is 6.69. The third-order valence-electron chi connectivity index (χ3n) is 4.45. The van der Waals surface area contributed by atoms with Gasteiger partial charge in [0, 0.05) is 10.3 Å². The van der Waals surface area contributed by atoms with Crippen molar-refractivity contribution in [2.24, 2.45) is 5.73 Å². The highest BCUT2D eigenvalue weighted by atomic mass is 32.1. The van der Waals surface area contributed by atoms with E-state index in [-0.39, 0.29) is 5.91 Å². The molecule has 0 bridgehead atoms. The van der Waals surface area contributed by atoms with Crippen molar-refractivity contribution in [1.82, 2.24) is 15.1 Å². The van der Waals surface area contributed by atoms with Crippen LogP contribution in [0.1, 0.15) is 48.0 Å². The Morgan fingerprint density at radius 2 is 2.15 bits per heavy atom. The Morgan fingerprint density at radius 1 is 1.31 bits per heavy atom. The second-order valence-electron chi connectivity index (χ2n) is 6.50. The van der Waals surface area contributed by atoms with Crippen molar-refractivity contribution >= 4 is 33.7 Å². The van der Waals surface area contributed by atoms with Crippen molar-refractivity contribution < 1.29 is 9.32 Å². The molecule has 1 saturated carbocycles. The average molecular weight is 390 g/mol. The van der Waals surface area contributed by atoms with E-state index in [4.69, 9.17) is 10.3 Å². The number of nitrogens with two attached hydrogens (primary N) is 1. The van der Waals surface area contributed by atoms with Gasteiger partial charge in [0.25, 0.3) is 0 Å². The standard InChI is InChI=1S/C17H19N5O2S2/c18-17(5-1-2-6-17)15-21-14(24-22-15)8-11-10-26-16(19-11)20-13(23)9-12-4-3-7-25-12/h3-4,7,10H,1-2,5-6,8-9,18H2,(H,19,20,23). The van der Waals surface area contributed by atoms with Gasteiger partial charge in [-0.2, -0.15) is 4.98 Å². The van der Waals surface area contributed by atoms with Crippen LogP contribution in [0.2, 0.25) is 0 Å². The van der Waals surface area contributed by atoms with E-state index in [1.807, 2.05) is 22.9 Å². The molecule has 1 fully saturated rings. The number of nitrogens with zero attached hydrogens (tertiary/aromatic N) is 3. The van der Waals surface area contributed by atoms with Crippen molar-refractivity contribution in [2.45, 2.75) is 44.1 Å². The first-order valence-corrected chi connectivity index (χ1v) is 10.3. The van der Waals surface area contributed by atoms with Crippen molar-refractivity contribution in [1.29, 1.82) is 0 Å². The van der Waals surface area contributed by atoms with E-state index in [1.165, 1.54) is 11.3 Å². The molecule has 1 amide bonds. The van der Waals surface area contributed by atoms with Gasteiger partial charge >= 0.3 is 0 Å². The number of hydrogen-bond acceptors (Lipinski definition) is 8. The van der Waals surface area contributed by atoms with Gasteiger partial charge in [-0.15, -0.1) is 22.7 Å². The number of aromatic nitrogens is 3. The minimum atomic E-state index is -0.454. The summed E-state index contributed by atoms with van der Waals surface area (Å²) in [5, 5.41) is 11.3. The largest absolute Gasteiger partial charge is 0.339 e. The molecule has 3 N–H and O–H groups in total. The highest BCUT2D eigenvalue weighted by Crippen LogP contribution is 2.34. The Bertz CT molecular complexity index is 881. The highest BCUT2D eigenvalue weighted by Gasteiger charge is 2.35. The molecule has 0 unspecified atom stereocenters. The molecule has 7 nitrogen and oxygen atoms in total. The zero-order valence-corrected chi connectivity index (χ0v) is 15.7. The molecular formula is C17H19N5O2S2. The van der Waals surface area contributed by atoms with Gasteiger partial charge in [0.1, 0.15) is 0 Å². The molecular weight excluding hydrogens is 370 g/mol. The van der Waals surface area contributed by atoms with E-state index in [2.05, 4.69) is 20.4 Å². The van der Waals surface area contributed by atoms with Crippen LogP contribution in [0.3, 0.4) is 0 Å². The summed E-state index contributed by atoms with van der Waals surface area (Å²) in [6.07, 6.45) is 4.77. The maximum atomic E-state index is 12.0. The topological polar surface area (TPSA) is 107 Å². The zero-order valence-electron chi connectivity index (χ0n) is 14.1. The first-order valence-electron chi connectivity index (χ1n) is 8.49. The number of carbonyl (C=O) groups excluding carboxylic acids is 1. The van der Waals surface area contributed by atoms with E-state index in [0.717, 1.165) is 36.3 Å². The van der Waals surface area contributed by atoms with Gasteiger partial charge in [-0.05, 0) is 24.3 Å². The van der Waals surface area contributed by atoms with Crippen LogP contribution in [0.5, 0.6) is 0 Å². The highest BCUT2D eigenvalue weighted by molar-refractivity contribution is 7.14. The van der Waals surface area contributed by atoms with E-state index < -0.39 is 5.54 Å². The normalized spacial score (nSPS) is 16.0. The number of thiophene rings is 1. The maximum Gasteiger partial charge on any atom is 0.232 e. The second-order valence-corrected chi connectivity index (χ2v) is 8.39. The lowest BCUT2D eigenvalue weighted by Gasteiger charge is -2.17. The summed E-state index contributed by atoms with van der Waals surface area (Å²) < 4.78 is 5.34.